The molecule has 1 saturated heterocycles. The Kier molecular flexibility index (Phi) is 7.44. The number of halogens is 3. The molecular weight excluding hydrogens is 473 g/mol. The van der Waals surface area contributed by atoms with Crippen molar-refractivity contribution in [1.29, 1.82) is 0 Å². The molecule has 1 aliphatic heterocycles. The number of benzene rings is 3. The fourth-order valence-electron chi connectivity index (χ4n) is 4.82. The molecule has 192 valence electrons. The number of likely N-dealkylation sites (tertiary alicyclic amines) is 1. The Bertz CT molecular complexity index is 1290. The number of alkyl halides is 3. The van der Waals surface area contributed by atoms with Gasteiger partial charge in [0.2, 0.25) is 0 Å². The van der Waals surface area contributed by atoms with Gasteiger partial charge in [-0.05, 0) is 48.6 Å². The Morgan fingerprint density at radius 1 is 0.865 bits per heavy atom. The van der Waals surface area contributed by atoms with Crippen molar-refractivity contribution >= 4 is 0 Å². The van der Waals surface area contributed by atoms with E-state index in [1.165, 1.54) is 28.8 Å². The van der Waals surface area contributed by atoms with E-state index in [9.17, 15) is 13.2 Å². The van der Waals surface area contributed by atoms with Crippen LogP contribution in [-0.2, 0) is 19.3 Å². The molecular formula is C30H31F3N4. The van der Waals surface area contributed by atoms with E-state index in [2.05, 4.69) is 63.7 Å². The van der Waals surface area contributed by atoms with Crippen LogP contribution in [0.15, 0.2) is 78.9 Å². The van der Waals surface area contributed by atoms with Gasteiger partial charge in [0, 0.05) is 43.5 Å². The van der Waals surface area contributed by atoms with Gasteiger partial charge in [0.15, 0.2) is 0 Å². The van der Waals surface area contributed by atoms with Crippen molar-refractivity contribution in [3.05, 3.63) is 101 Å². The predicted molar refractivity (Wildman–Crippen MR) is 141 cm³/mol. The second-order valence-electron chi connectivity index (χ2n) is 9.73. The number of hydrogen-bond donors (Lipinski definition) is 2. The highest BCUT2D eigenvalue weighted by Gasteiger charge is 2.30. The normalized spacial score (nSPS) is 15.2. The molecule has 4 nitrogen and oxygen atoms in total. The maximum Gasteiger partial charge on any atom is 0.416 e. The monoisotopic (exact) mass is 504 g/mol. The summed E-state index contributed by atoms with van der Waals surface area (Å²) in [6.07, 6.45) is -2.20. The number of rotatable bonds is 7. The quantitative estimate of drug-likeness (QED) is 0.290. The van der Waals surface area contributed by atoms with E-state index in [1.807, 2.05) is 13.0 Å². The lowest BCUT2D eigenvalue weighted by Crippen LogP contribution is -2.42. The zero-order valence-electron chi connectivity index (χ0n) is 20.9. The van der Waals surface area contributed by atoms with Gasteiger partial charge in [0.1, 0.15) is 5.82 Å². The van der Waals surface area contributed by atoms with Crippen molar-refractivity contribution in [3.63, 3.8) is 0 Å². The van der Waals surface area contributed by atoms with Crippen LogP contribution < -0.4 is 5.32 Å². The number of aromatic nitrogens is 2. The van der Waals surface area contributed by atoms with E-state index in [4.69, 9.17) is 4.98 Å². The van der Waals surface area contributed by atoms with Crippen molar-refractivity contribution in [2.24, 2.45) is 0 Å². The lowest BCUT2D eigenvalue weighted by Gasteiger charge is -2.32. The molecule has 2 N–H and O–H groups in total. The molecule has 1 fully saturated rings. The number of nitrogens with one attached hydrogen (secondary N) is 2. The van der Waals surface area contributed by atoms with E-state index >= 15 is 0 Å². The zero-order valence-corrected chi connectivity index (χ0v) is 20.9. The van der Waals surface area contributed by atoms with E-state index in [-0.39, 0.29) is 0 Å². The summed E-state index contributed by atoms with van der Waals surface area (Å²) in [4.78, 5) is 10.3. The highest BCUT2D eigenvalue weighted by atomic mass is 19.4. The molecule has 0 amide bonds. The van der Waals surface area contributed by atoms with Crippen LogP contribution in [0.2, 0.25) is 0 Å². The van der Waals surface area contributed by atoms with Crippen molar-refractivity contribution in [2.75, 3.05) is 13.1 Å². The van der Waals surface area contributed by atoms with Crippen LogP contribution in [0.1, 0.15) is 35.4 Å². The molecule has 0 radical (unpaired) electrons. The number of imidazole rings is 1. The Hall–Kier alpha value is -3.42. The number of nitrogens with zero attached hydrogens (tertiary/aromatic N) is 2. The first kappa shape index (κ1) is 25.2. The summed E-state index contributed by atoms with van der Waals surface area (Å²) in [7, 11) is 0. The van der Waals surface area contributed by atoms with Gasteiger partial charge in [-0.15, -0.1) is 0 Å². The number of aryl methyl sites for hydroxylation is 1. The minimum absolute atomic E-state index is 0.480. The van der Waals surface area contributed by atoms with Crippen LogP contribution in [-0.4, -0.2) is 34.0 Å². The van der Waals surface area contributed by atoms with E-state index in [1.54, 1.807) is 0 Å². The standard InChI is InChI=1S/C30H31F3N4/c1-21-28(36-29(35-21)25-11-13-26(14-12-25)30(31,32)33)20-37-17-15-27(16-18-37)34-19-22-7-9-24(10-8-22)23-5-3-2-4-6-23/h2-14,27,34H,15-20H2,1H3,(H,35,36). The third-order valence-corrected chi connectivity index (χ3v) is 7.09. The van der Waals surface area contributed by atoms with Gasteiger partial charge in [-0.2, -0.15) is 13.2 Å². The molecule has 0 saturated carbocycles. The molecule has 7 heteroatoms. The highest BCUT2D eigenvalue weighted by Crippen LogP contribution is 2.31. The smallest absolute Gasteiger partial charge is 0.342 e. The van der Waals surface area contributed by atoms with E-state index in [0.29, 0.717) is 17.4 Å². The Balaban J connectivity index is 1.10. The largest absolute Gasteiger partial charge is 0.416 e. The second kappa shape index (κ2) is 10.9. The van der Waals surface area contributed by atoms with Gasteiger partial charge in [-0.1, -0.05) is 66.7 Å². The maximum absolute atomic E-state index is 12.9. The molecule has 37 heavy (non-hydrogen) atoms. The summed E-state index contributed by atoms with van der Waals surface area (Å²) in [5.74, 6) is 0.607. The van der Waals surface area contributed by atoms with Gasteiger partial charge in [-0.3, -0.25) is 4.90 Å². The molecule has 2 heterocycles. The summed E-state index contributed by atoms with van der Waals surface area (Å²) in [5, 5.41) is 3.71. The summed E-state index contributed by atoms with van der Waals surface area (Å²) >= 11 is 0. The van der Waals surface area contributed by atoms with Crippen LogP contribution in [0.3, 0.4) is 0 Å². The highest BCUT2D eigenvalue weighted by molar-refractivity contribution is 5.63. The summed E-state index contributed by atoms with van der Waals surface area (Å²) in [6, 6.07) is 24.8. The summed E-state index contributed by atoms with van der Waals surface area (Å²) < 4.78 is 38.6. The maximum atomic E-state index is 12.9. The molecule has 0 aliphatic carbocycles. The van der Waals surface area contributed by atoms with E-state index in [0.717, 1.165) is 62.5 Å². The van der Waals surface area contributed by atoms with Gasteiger partial charge in [-0.25, -0.2) is 4.98 Å². The fraction of sp³-hybridized carbons (Fsp3) is 0.300. The van der Waals surface area contributed by atoms with Crippen LogP contribution in [0.4, 0.5) is 13.2 Å². The number of piperidine rings is 1. The number of aromatic amines is 1. The minimum Gasteiger partial charge on any atom is -0.342 e. The third kappa shape index (κ3) is 6.29. The molecule has 0 bridgehead atoms. The van der Waals surface area contributed by atoms with Crippen molar-refractivity contribution in [1.82, 2.24) is 20.2 Å². The first-order valence-corrected chi connectivity index (χ1v) is 12.7. The first-order chi connectivity index (χ1) is 17.8. The molecule has 1 aromatic heterocycles. The first-order valence-electron chi connectivity index (χ1n) is 12.7. The predicted octanol–water partition coefficient (Wildman–Crippen LogP) is 6.83. The Labute approximate surface area is 215 Å². The van der Waals surface area contributed by atoms with Crippen LogP contribution in [0, 0.1) is 6.92 Å². The van der Waals surface area contributed by atoms with Crippen LogP contribution in [0.5, 0.6) is 0 Å². The minimum atomic E-state index is -4.34. The third-order valence-electron chi connectivity index (χ3n) is 7.09. The van der Waals surface area contributed by atoms with Crippen LogP contribution in [0.25, 0.3) is 22.5 Å². The lowest BCUT2D eigenvalue weighted by molar-refractivity contribution is -0.137. The Morgan fingerprint density at radius 3 is 2.14 bits per heavy atom. The Morgan fingerprint density at radius 2 is 1.49 bits per heavy atom. The van der Waals surface area contributed by atoms with Crippen LogP contribution >= 0.6 is 0 Å². The zero-order chi connectivity index (χ0) is 25.8. The average Bonchev–Trinajstić information content (AvgIpc) is 3.28. The van der Waals surface area contributed by atoms with E-state index < -0.39 is 11.7 Å². The molecule has 3 aromatic carbocycles. The molecule has 4 aromatic rings. The average molecular weight is 505 g/mol. The van der Waals surface area contributed by atoms with Crippen molar-refractivity contribution < 1.29 is 13.2 Å². The van der Waals surface area contributed by atoms with Gasteiger partial charge < -0.3 is 10.3 Å². The second-order valence-corrected chi connectivity index (χ2v) is 9.73. The number of hydrogen-bond acceptors (Lipinski definition) is 3. The molecule has 0 unspecified atom stereocenters. The molecule has 0 spiro atoms. The summed E-state index contributed by atoms with van der Waals surface area (Å²) in [6.45, 7) is 5.51. The molecule has 1 aliphatic rings. The van der Waals surface area contributed by atoms with Gasteiger partial charge in [0.25, 0.3) is 0 Å². The van der Waals surface area contributed by atoms with Crippen molar-refractivity contribution in [2.45, 2.75) is 45.1 Å². The van der Waals surface area contributed by atoms with Crippen molar-refractivity contribution in [3.8, 4) is 22.5 Å². The topological polar surface area (TPSA) is 44.0 Å². The van der Waals surface area contributed by atoms with Gasteiger partial charge in [0.05, 0.1) is 11.3 Å². The number of H-pyrrole nitrogens is 1. The fourth-order valence-corrected chi connectivity index (χ4v) is 4.82. The molecule has 0 atom stereocenters. The SMILES string of the molecule is Cc1[nH]c(-c2ccc(C(F)(F)F)cc2)nc1CN1CCC(NCc2ccc(-c3ccccc3)cc2)CC1. The molecule has 5 rings (SSSR count). The summed E-state index contributed by atoms with van der Waals surface area (Å²) in [5.41, 5.74) is 5.64. The van der Waals surface area contributed by atoms with Gasteiger partial charge >= 0.3 is 6.18 Å². The lowest BCUT2D eigenvalue weighted by atomic mass is 10.0.